The SMILES string of the molecule is CCCCC(=O)N1CCC(OCCO)CC1. The molecule has 0 aromatic heterocycles. The van der Waals surface area contributed by atoms with Crippen molar-refractivity contribution in [3.63, 3.8) is 0 Å². The van der Waals surface area contributed by atoms with Crippen molar-refractivity contribution >= 4 is 5.91 Å². The molecule has 4 nitrogen and oxygen atoms in total. The molecule has 1 amide bonds. The van der Waals surface area contributed by atoms with Crippen LogP contribution in [0.4, 0.5) is 0 Å². The predicted molar refractivity (Wildman–Crippen MR) is 62.2 cm³/mol. The number of nitrogens with zero attached hydrogens (tertiary/aromatic N) is 1. The lowest BCUT2D eigenvalue weighted by molar-refractivity contribution is -0.134. The number of hydrogen-bond donors (Lipinski definition) is 1. The summed E-state index contributed by atoms with van der Waals surface area (Å²) < 4.78 is 5.45. The zero-order valence-corrected chi connectivity index (χ0v) is 10.2. The lowest BCUT2D eigenvalue weighted by Crippen LogP contribution is -2.41. The first-order valence-corrected chi connectivity index (χ1v) is 6.28. The standard InChI is InChI=1S/C12H23NO3/c1-2-3-4-12(15)13-7-5-11(6-8-13)16-10-9-14/h11,14H,2-10H2,1H3. The normalized spacial score (nSPS) is 17.8. The molecule has 0 spiro atoms. The second kappa shape index (κ2) is 7.63. The summed E-state index contributed by atoms with van der Waals surface area (Å²) >= 11 is 0. The van der Waals surface area contributed by atoms with Crippen LogP contribution < -0.4 is 0 Å². The molecule has 4 heteroatoms. The van der Waals surface area contributed by atoms with Crippen molar-refractivity contribution in [2.75, 3.05) is 26.3 Å². The molecule has 0 atom stereocenters. The second-order valence-electron chi connectivity index (χ2n) is 4.28. The van der Waals surface area contributed by atoms with Gasteiger partial charge in [0.1, 0.15) is 0 Å². The topological polar surface area (TPSA) is 49.8 Å². The Kier molecular flexibility index (Phi) is 6.42. The molecule has 1 heterocycles. The van der Waals surface area contributed by atoms with Gasteiger partial charge in [-0.15, -0.1) is 0 Å². The summed E-state index contributed by atoms with van der Waals surface area (Å²) in [5.74, 6) is 0.280. The maximum absolute atomic E-state index is 11.7. The number of carbonyl (C=O) groups is 1. The molecule has 1 rings (SSSR count). The minimum Gasteiger partial charge on any atom is -0.394 e. The highest BCUT2D eigenvalue weighted by Crippen LogP contribution is 2.15. The number of rotatable bonds is 6. The van der Waals surface area contributed by atoms with Crippen LogP contribution in [0.5, 0.6) is 0 Å². The van der Waals surface area contributed by atoms with Crippen LogP contribution in [0.25, 0.3) is 0 Å². The van der Waals surface area contributed by atoms with Gasteiger partial charge in [-0.3, -0.25) is 4.79 Å². The molecule has 0 bridgehead atoms. The van der Waals surface area contributed by atoms with Gasteiger partial charge in [-0.05, 0) is 19.3 Å². The third kappa shape index (κ3) is 4.49. The van der Waals surface area contributed by atoms with Gasteiger partial charge in [-0.2, -0.15) is 0 Å². The summed E-state index contributed by atoms with van der Waals surface area (Å²) in [6.45, 7) is 4.20. The quantitative estimate of drug-likeness (QED) is 0.744. The number of amides is 1. The lowest BCUT2D eigenvalue weighted by atomic mass is 10.1. The summed E-state index contributed by atoms with van der Waals surface area (Å²) in [7, 11) is 0. The fourth-order valence-electron chi connectivity index (χ4n) is 1.98. The average Bonchev–Trinajstić information content (AvgIpc) is 2.34. The van der Waals surface area contributed by atoms with E-state index in [1.54, 1.807) is 0 Å². The number of piperidine rings is 1. The number of ether oxygens (including phenoxy) is 1. The van der Waals surface area contributed by atoms with Gasteiger partial charge in [0.25, 0.3) is 0 Å². The van der Waals surface area contributed by atoms with Crippen molar-refractivity contribution in [3.05, 3.63) is 0 Å². The van der Waals surface area contributed by atoms with Gasteiger partial charge >= 0.3 is 0 Å². The average molecular weight is 229 g/mol. The molecule has 1 N–H and O–H groups in total. The van der Waals surface area contributed by atoms with Crippen LogP contribution in [0.15, 0.2) is 0 Å². The van der Waals surface area contributed by atoms with E-state index < -0.39 is 0 Å². The Labute approximate surface area is 97.6 Å². The largest absolute Gasteiger partial charge is 0.394 e. The van der Waals surface area contributed by atoms with Gasteiger partial charge in [0.2, 0.25) is 5.91 Å². The van der Waals surface area contributed by atoms with Crippen LogP contribution >= 0.6 is 0 Å². The van der Waals surface area contributed by atoms with Crippen molar-refractivity contribution in [1.29, 1.82) is 0 Å². The predicted octanol–water partition coefficient (Wildman–Crippen LogP) is 1.18. The van der Waals surface area contributed by atoms with Gasteiger partial charge in [0.15, 0.2) is 0 Å². The molecule has 1 fully saturated rings. The van der Waals surface area contributed by atoms with Crippen LogP contribution in [0.3, 0.4) is 0 Å². The Balaban J connectivity index is 2.18. The van der Waals surface area contributed by atoms with Crippen molar-refractivity contribution in [2.24, 2.45) is 0 Å². The molecule has 1 aliphatic rings. The number of unbranched alkanes of at least 4 members (excludes halogenated alkanes) is 1. The van der Waals surface area contributed by atoms with Gasteiger partial charge in [0, 0.05) is 19.5 Å². The smallest absolute Gasteiger partial charge is 0.222 e. The van der Waals surface area contributed by atoms with E-state index in [-0.39, 0.29) is 18.6 Å². The van der Waals surface area contributed by atoms with Gasteiger partial charge in [0.05, 0.1) is 19.3 Å². The van der Waals surface area contributed by atoms with E-state index in [0.29, 0.717) is 13.0 Å². The number of likely N-dealkylation sites (tertiary alicyclic amines) is 1. The van der Waals surface area contributed by atoms with Crippen molar-refractivity contribution < 1.29 is 14.6 Å². The molecule has 1 aliphatic heterocycles. The Hall–Kier alpha value is -0.610. The monoisotopic (exact) mass is 229 g/mol. The molecule has 0 radical (unpaired) electrons. The maximum Gasteiger partial charge on any atom is 0.222 e. The zero-order chi connectivity index (χ0) is 11.8. The number of hydrogen-bond acceptors (Lipinski definition) is 3. The van der Waals surface area contributed by atoms with Crippen molar-refractivity contribution in [3.8, 4) is 0 Å². The molecule has 0 aromatic rings. The Bertz CT molecular complexity index is 200. The van der Waals surface area contributed by atoms with Crippen LogP contribution in [-0.2, 0) is 9.53 Å². The molecular formula is C12H23NO3. The van der Waals surface area contributed by atoms with E-state index in [9.17, 15) is 4.79 Å². The molecule has 1 saturated heterocycles. The number of aliphatic hydroxyl groups excluding tert-OH is 1. The minimum atomic E-state index is 0.0790. The molecule has 0 saturated carbocycles. The van der Waals surface area contributed by atoms with E-state index in [0.717, 1.165) is 38.8 Å². The van der Waals surface area contributed by atoms with Crippen LogP contribution in [-0.4, -0.2) is 48.3 Å². The van der Waals surface area contributed by atoms with Gasteiger partial charge in [-0.1, -0.05) is 13.3 Å². The number of carbonyl (C=O) groups excluding carboxylic acids is 1. The van der Waals surface area contributed by atoms with E-state index in [2.05, 4.69) is 6.92 Å². The lowest BCUT2D eigenvalue weighted by Gasteiger charge is -2.32. The first kappa shape index (κ1) is 13.5. The van der Waals surface area contributed by atoms with Crippen molar-refractivity contribution in [2.45, 2.75) is 45.1 Å². The van der Waals surface area contributed by atoms with E-state index in [4.69, 9.17) is 9.84 Å². The highest BCUT2D eigenvalue weighted by atomic mass is 16.5. The number of aliphatic hydroxyl groups is 1. The maximum atomic E-state index is 11.7. The Morgan fingerprint density at radius 3 is 2.69 bits per heavy atom. The fourth-order valence-corrected chi connectivity index (χ4v) is 1.98. The summed E-state index contributed by atoms with van der Waals surface area (Å²) in [4.78, 5) is 13.7. The Morgan fingerprint density at radius 2 is 2.12 bits per heavy atom. The van der Waals surface area contributed by atoms with E-state index in [1.807, 2.05) is 4.90 Å². The van der Waals surface area contributed by atoms with Crippen LogP contribution in [0.1, 0.15) is 39.0 Å². The van der Waals surface area contributed by atoms with E-state index >= 15 is 0 Å². The van der Waals surface area contributed by atoms with Gasteiger partial charge < -0.3 is 14.7 Å². The molecule has 0 aliphatic carbocycles. The summed E-state index contributed by atoms with van der Waals surface area (Å²) in [5, 5.41) is 8.64. The van der Waals surface area contributed by atoms with Crippen LogP contribution in [0, 0.1) is 0 Å². The second-order valence-corrected chi connectivity index (χ2v) is 4.28. The minimum absolute atomic E-state index is 0.0790. The molecule has 94 valence electrons. The fraction of sp³-hybridized carbons (Fsp3) is 0.917. The first-order valence-electron chi connectivity index (χ1n) is 6.28. The zero-order valence-electron chi connectivity index (χ0n) is 10.2. The molecule has 16 heavy (non-hydrogen) atoms. The molecule has 0 unspecified atom stereocenters. The highest BCUT2D eigenvalue weighted by molar-refractivity contribution is 5.76. The third-order valence-corrected chi connectivity index (χ3v) is 2.98. The summed E-state index contributed by atoms with van der Waals surface area (Å²) in [6.07, 6.45) is 4.76. The molecule has 0 aromatic carbocycles. The van der Waals surface area contributed by atoms with Crippen LogP contribution in [0.2, 0.25) is 0 Å². The first-order chi connectivity index (χ1) is 7.77. The van der Waals surface area contributed by atoms with E-state index in [1.165, 1.54) is 0 Å². The van der Waals surface area contributed by atoms with Crippen molar-refractivity contribution in [1.82, 2.24) is 4.90 Å². The van der Waals surface area contributed by atoms with Gasteiger partial charge in [-0.25, -0.2) is 0 Å². The highest BCUT2D eigenvalue weighted by Gasteiger charge is 2.22. The summed E-state index contributed by atoms with van der Waals surface area (Å²) in [6, 6.07) is 0. The summed E-state index contributed by atoms with van der Waals surface area (Å²) in [5.41, 5.74) is 0. The Morgan fingerprint density at radius 1 is 1.44 bits per heavy atom. The molecular weight excluding hydrogens is 206 g/mol. The third-order valence-electron chi connectivity index (χ3n) is 2.98.